The van der Waals surface area contributed by atoms with E-state index in [2.05, 4.69) is 5.32 Å². The molecular formula is C13H18F2N2. The molecule has 2 nitrogen and oxygen atoms in total. The predicted molar refractivity (Wildman–Crippen MR) is 65.2 cm³/mol. The van der Waals surface area contributed by atoms with Crippen LogP contribution in [0, 0.1) is 17.6 Å². The molecule has 0 bridgehead atoms. The lowest BCUT2D eigenvalue weighted by atomic mass is 9.99. The molecule has 0 aromatic heterocycles. The Morgan fingerprint density at radius 2 is 2.18 bits per heavy atom. The summed E-state index contributed by atoms with van der Waals surface area (Å²) in [5, 5.41) is 3.35. The Bertz CT molecular complexity index is 376. The fourth-order valence-corrected chi connectivity index (χ4v) is 2.30. The lowest BCUT2D eigenvalue weighted by molar-refractivity contribution is 0.381. The van der Waals surface area contributed by atoms with Crippen LogP contribution in [0.2, 0.25) is 0 Å². The van der Waals surface area contributed by atoms with E-state index in [1.54, 1.807) is 6.07 Å². The first-order chi connectivity index (χ1) is 8.16. The zero-order valence-corrected chi connectivity index (χ0v) is 10.0. The van der Waals surface area contributed by atoms with E-state index in [-0.39, 0.29) is 0 Å². The van der Waals surface area contributed by atoms with Gasteiger partial charge in [0.2, 0.25) is 0 Å². The molecule has 1 aromatic rings. The topological polar surface area (TPSA) is 15.3 Å². The highest BCUT2D eigenvalue weighted by Crippen LogP contribution is 2.19. The minimum Gasteiger partial charge on any atom is -0.374 e. The Morgan fingerprint density at radius 3 is 2.82 bits per heavy atom. The quantitative estimate of drug-likeness (QED) is 0.872. The lowest BCUT2D eigenvalue weighted by Gasteiger charge is -2.28. The molecule has 1 N–H and O–H groups in total. The van der Waals surface area contributed by atoms with Gasteiger partial charge in [0.15, 0.2) is 11.6 Å². The maximum Gasteiger partial charge on any atom is 0.160 e. The Labute approximate surface area is 101 Å². The van der Waals surface area contributed by atoms with Crippen LogP contribution in [0.5, 0.6) is 0 Å². The van der Waals surface area contributed by atoms with Crippen LogP contribution >= 0.6 is 0 Å². The summed E-state index contributed by atoms with van der Waals surface area (Å²) >= 11 is 0. The van der Waals surface area contributed by atoms with E-state index in [4.69, 9.17) is 0 Å². The number of hydrogen-bond acceptors (Lipinski definition) is 2. The molecule has 0 saturated carbocycles. The molecule has 1 aromatic carbocycles. The molecule has 0 radical (unpaired) electrons. The normalized spacial score (nSPS) is 20.3. The van der Waals surface area contributed by atoms with E-state index in [9.17, 15) is 8.78 Å². The molecule has 1 heterocycles. The van der Waals surface area contributed by atoms with Gasteiger partial charge in [0, 0.05) is 25.3 Å². The summed E-state index contributed by atoms with van der Waals surface area (Å²) in [5.41, 5.74) is 0.731. The summed E-state index contributed by atoms with van der Waals surface area (Å²) in [6, 6.07) is 4.06. The summed E-state index contributed by atoms with van der Waals surface area (Å²) in [7, 11) is 1.92. The maximum absolute atomic E-state index is 13.1. The molecule has 1 aliphatic heterocycles. The number of rotatable bonds is 3. The minimum absolute atomic E-state index is 0.585. The molecule has 2 rings (SSSR count). The zero-order chi connectivity index (χ0) is 12.3. The van der Waals surface area contributed by atoms with Crippen molar-refractivity contribution in [2.24, 2.45) is 5.92 Å². The van der Waals surface area contributed by atoms with Gasteiger partial charge in [-0.3, -0.25) is 0 Å². The molecule has 1 unspecified atom stereocenters. The van der Waals surface area contributed by atoms with E-state index in [1.807, 2.05) is 11.9 Å². The lowest BCUT2D eigenvalue weighted by Crippen LogP contribution is -2.36. The zero-order valence-electron chi connectivity index (χ0n) is 10.0. The average molecular weight is 240 g/mol. The summed E-state index contributed by atoms with van der Waals surface area (Å²) in [6.07, 6.45) is 2.39. The van der Waals surface area contributed by atoms with Gasteiger partial charge in [0.05, 0.1) is 0 Å². The molecule has 94 valence electrons. The first-order valence-electron chi connectivity index (χ1n) is 6.03. The smallest absolute Gasteiger partial charge is 0.160 e. The number of hydrogen-bond donors (Lipinski definition) is 1. The van der Waals surface area contributed by atoms with E-state index < -0.39 is 11.6 Å². The third kappa shape index (κ3) is 3.16. The standard InChI is InChI=1S/C13H18F2N2/c1-17(9-10-3-2-6-16-8-10)11-4-5-12(14)13(15)7-11/h4-5,7,10,16H,2-3,6,8-9H2,1H3. The maximum atomic E-state index is 13.1. The number of halogens is 2. The van der Waals surface area contributed by atoms with Crippen molar-refractivity contribution in [3.05, 3.63) is 29.8 Å². The van der Waals surface area contributed by atoms with Crippen LogP contribution in [0.4, 0.5) is 14.5 Å². The largest absolute Gasteiger partial charge is 0.374 e. The minimum atomic E-state index is -0.790. The Balaban J connectivity index is 1.98. The van der Waals surface area contributed by atoms with Gasteiger partial charge in [-0.1, -0.05) is 0 Å². The van der Waals surface area contributed by atoms with Gasteiger partial charge in [0.25, 0.3) is 0 Å². The Morgan fingerprint density at radius 1 is 1.35 bits per heavy atom. The van der Waals surface area contributed by atoms with Gasteiger partial charge >= 0.3 is 0 Å². The second-order valence-electron chi connectivity index (χ2n) is 4.69. The van der Waals surface area contributed by atoms with Gasteiger partial charge in [0.1, 0.15) is 0 Å². The summed E-state index contributed by atoms with van der Waals surface area (Å²) in [5.74, 6) is -0.987. The van der Waals surface area contributed by atoms with Gasteiger partial charge in [-0.15, -0.1) is 0 Å². The highest BCUT2D eigenvalue weighted by atomic mass is 19.2. The second kappa shape index (κ2) is 5.45. The van der Waals surface area contributed by atoms with Crippen LogP contribution in [-0.4, -0.2) is 26.7 Å². The van der Waals surface area contributed by atoms with E-state index >= 15 is 0 Å². The average Bonchev–Trinajstić information content (AvgIpc) is 2.34. The van der Waals surface area contributed by atoms with Crippen molar-refractivity contribution in [2.75, 3.05) is 31.6 Å². The SMILES string of the molecule is CN(CC1CCCNC1)c1ccc(F)c(F)c1. The van der Waals surface area contributed by atoms with Crippen molar-refractivity contribution >= 4 is 5.69 Å². The third-order valence-corrected chi connectivity index (χ3v) is 3.27. The van der Waals surface area contributed by atoms with Crippen LogP contribution in [0.1, 0.15) is 12.8 Å². The van der Waals surface area contributed by atoms with Crippen molar-refractivity contribution in [3.63, 3.8) is 0 Å². The van der Waals surface area contributed by atoms with E-state index in [1.165, 1.54) is 25.0 Å². The number of piperidine rings is 1. The first-order valence-corrected chi connectivity index (χ1v) is 6.03. The number of nitrogens with one attached hydrogen (secondary N) is 1. The molecule has 1 fully saturated rings. The fourth-order valence-electron chi connectivity index (χ4n) is 2.30. The molecule has 1 saturated heterocycles. The summed E-state index contributed by atoms with van der Waals surface area (Å²) < 4.78 is 25.9. The van der Waals surface area contributed by atoms with Crippen LogP contribution in [-0.2, 0) is 0 Å². The van der Waals surface area contributed by atoms with Crippen LogP contribution in [0.25, 0.3) is 0 Å². The van der Waals surface area contributed by atoms with Crippen molar-refractivity contribution in [1.82, 2.24) is 5.32 Å². The molecule has 0 spiro atoms. The molecule has 0 aliphatic carbocycles. The van der Waals surface area contributed by atoms with Crippen LogP contribution in [0.15, 0.2) is 18.2 Å². The highest BCUT2D eigenvalue weighted by Gasteiger charge is 2.15. The third-order valence-electron chi connectivity index (χ3n) is 3.27. The summed E-state index contributed by atoms with van der Waals surface area (Å²) in [6.45, 7) is 2.97. The Hall–Kier alpha value is -1.16. The summed E-state index contributed by atoms with van der Waals surface area (Å²) in [4.78, 5) is 1.99. The molecule has 1 atom stereocenters. The van der Waals surface area contributed by atoms with Crippen molar-refractivity contribution < 1.29 is 8.78 Å². The Kier molecular flexibility index (Phi) is 3.94. The molecule has 0 amide bonds. The number of anilines is 1. The van der Waals surface area contributed by atoms with Crippen molar-refractivity contribution in [3.8, 4) is 0 Å². The first kappa shape index (κ1) is 12.3. The monoisotopic (exact) mass is 240 g/mol. The molecule has 4 heteroatoms. The van der Waals surface area contributed by atoms with Gasteiger partial charge in [-0.05, 0) is 44.0 Å². The second-order valence-corrected chi connectivity index (χ2v) is 4.69. The van der Waals surface area contributed by atoms with E-state index in [0.717, 1.165) is 25.3 Å². The van der Waals surface area contributed by atoms with Gasteiger partial charge in [-0.25, -0.2) is 8.78 Å². The van der Waals surface area contributed by atoms with E-state index in [0.29, 0.717) is 5.92 Å². The van der Waals surface area contributed by atoms with Crippen molar-refractivity contribution in [1.29, 1.82) is 0 Å². The number of benzene rings is 1. The fraction of sp³-hybridized carbons (Fsp3) is 0.538. The molecular weight excluding hydrogens is 222 g/mol. The van der Waals surface area contributed by atoms with Gasteiger partial charge in [-0.2, -0.15) is 0 Å². The van der Waals surface area contributed by atoms with Crippen LogP contribution < -0.4 is 10.2 Å². The molecule has 1 aliphatic rings. The number of nitrogens with zero attached hydrogens (tertiary/aromatic N) is 1. The van der Waals surface area contributed by atoms with Gasteiger partial charge < -0.3 is 10.2 Å². The predicted octanol–water partition coefficient (Wildman–Crippen LogP) is 2.40. The molecule has 17 heavy (non-hydrogen) atoms. The highest BCUT2D eigenvalue weighted by molar-refractivity contribution is 5.45. The van der Waals surface area contributed by atoms with Crippen molar-refractivity contribution in [2.45, 2.75) is 12.8 Å². The van der Waals surface area contributed by atoms with Crippen LogP contribution in [0.3, 0.4) is 0 Å².